The zero-order valence-electron chi connectivity index (χ0n) is 62.3. The molecule has 0 aliphatic rings. The molecule has 0 heterocycles. The fourth-order valence-corrected chi connectivity index (χ4v) is 11.4. The molecule has 0 fully saturated rings. The second-order valence-electron chi connectivity index (χ2n) is 25.2. The largest absolute Gasteiger partial charge is 0.472 e. The van der Waals surface area contributed by atoms with Gasteiger partial charge in [0.1, 0.15) is 19.3 Å². The average Bonchev–Trinajstić information content (AvgIpc) is 0.935. The van der Waals surface area contributed by atoms with Gasteiger partial charge in [0.15, 0.2) is 12.2 Å². The van der Waals surface area contributed by atoms with Crippen LogP contribution in [0.5, 0.6) is 0 Å². The van der Waals surface area contributed by atoms with E-state index in [-0.39, 0.29) is 25.7 Å². The first-order valence-corrected chi connectivity index (χ1v) is 41.4. The highest BCUT2D eigenvalue weighted by atomic mass is 31.2. The molecule has 0 aromatic carbocycles. The Balaban J connectivity index is 5.42. The number of aliphatic hydroxyl groups is 1. The molecular weight excluding hydrogens is 1310 g/mol. The molecule has 0 bridgehead atoms. The maximum absolute atomic E-state index is 13.1. The number of phosphoric acid groups is 2. The third-order valence-corrected chi connectivity index (χ3v) is 17.5. The Morgan fingerprint density at radius 2 is 0.540 bits per heavy atom. The SMILES string of the molecule is CC/C=C\C/C=C\C/C=C\C/C=C\C/C=C\C/C=C\CCC(=O)OCC(COP(=O)(O)OCC(O)COP(=O)(O)OCC(COC(=O)CCCCCCC/C=C\C/C=C\C/C=C\CC)OC(=O)CCCCCCC/C=C\CCCCCC)OC(=O)CCCCCCC/C=C\CCCCCC. The minimum atomic E-state index is -5.00. The van der Waals surface area contributed by atoms with Gasteiger partial charge < -0.3 is 33.8 Å². The normalized spacial score (nSPS) is 14.7. The Hall–Kier alpha value is -4.80. The molecule has 0 amide bonds. The Kier molecular flexibility index (Phi) is 69.1. The molecule has 5 atom stereocenters. The number of phosphoric ester groups is 2. The highest BCUT2D eigenvalue weighted by Gasteiger charge is 2.30. The Bertz CT molecular complexity index is 2420. The van der Waals surface area contributed by atoms with Crippen LogP contribution in [-0.2, 0) is 65.4 Å². The van der Waals surface area contributed by atoms with Gasteiger partial charge >= 0.3 is 39.5 Å². The summed E-state index contributed by atoms with van der Waals surface area (Å²) in [6.45, 7) is 4.49. The Labute approximate surface area is 605 Å². The summed E-state index contributed by atoms with van der Waals surface area (Å²) < 4.78 is 68.4. The summed E-state index contributed by atoms with van der Waals surface area (Å²) in [6, 6.07) is 0. The molecule has 0 spiro atoms. The third kappa shape index (κ3) is 71.6. The highest BCUT2D eigenvalue weighted by Crippen LogP contribution is 2.45. The summed E-state index contributed by atoms with van der Waals surface area (Å²) in [5.41, 5.74) is 0. The zero-order valence-corrected chi connectivity index (χ0v) is 64.1. The van der Waals surface area contributed by atoms with Gasteiger partial charge in [-0.25, -0.2) is 9.13 Å². The molecule has 3 N–H and O–H groups in total. The van der Waals surface area contributed by atoms with Crippen LogP contribution in [0, 0.1) is 0 Å². The fourth-order valence-electron chi connectivity index (χ4n) is 9.78. The van der Waals surface area contributed by atoms with Crippen LogP contribution >= 0.6 is 15.6 Å². The molecule has 0 aromatic heterocycles. The van der Waals surface area contributed by atoms with Gasteiger partial charge in [0.2, 0.25) is 0 Å². The summed E-state index contributed by atoms with van der Waals surface area (Å²) in [7, 11) is -9.98. The first-order valence-electron chi connectivity index (χ1n) is 38.4. The maximum atomic E-state index is 13.1. The number of hydrogen-bond acceptors (Lipinski definition) is 15. The number of rotatable bonds is 71. The lowest BCUT2D eigenvalue weighted by Gasteiger charge is -2.21. The summed E-state index contributed by atoms with van der Waals surface area (Å²) >= 11 is 0. The van der Waals surface area contributed by atoms with E-state index in [2.05, 4.69) is 143 Å². The lowest BCUT2D eigenvalue weighted by molar-refractivity contribution is -0.161. The lowest BCUT2D eigenvalue weighted by Crippen LogP contribution is -2.30. The number of aliphatic hydroxyl groups excluding tert-OH is 1. The molecule has 0 saturated carbocycles. The van der Waals surface area contributed by atoms with Crippen molar-refractivity contribution < 1.29 is 80.2 Å². The van der Waals surface area contributed by atoms with Crippen molar-refractivity contribution in [3.05, 3.63) is 134 Å². The van der Waals surface area contributed by atoms with E-state index in [9.17, 15) is 43.2 Å². The molecular formula is C81H136O17P2. The Morgan fingerprint density at radius 3 is 0.870 bits per heavy atom. The van der Waals surface area contributed by atoms with E-state index in [0.717, 1.165) is 161 Å². The smallest absolute Gasteiger partial charge is 0.462 e. The van der Waals surface area contributed by atoms with Gasteiger partial charge in [-0.1, -0.05) is 258 Å². The topological polar surface area (TPSA) is 237 Å². The molecule has 0 aliphatic heterocycles. The van der Waals surface area contributed by atoms with Crippen molar-refractivity contribution in [2.24, 2.45) is 0 Å². The predicted octanol–water partition coefficient (Wildman–Crippen LogP) is 22.1. The number of carbonyl (C=O) groups excluding carboxylic acids is 4. The van der Waals surface area contributed by atoms with Gasteiger partial charge in [0.05, 0.1) is 26.4 Å². The molecule has 0 radical (unpaired) electrons. The molecule has 0 aliphatic carbocycles. The number of ether oxygens (including phenoxy) is 4. The van der Waals surface area contributed by atoms with E-state index < -0.39 is 97.5 Å². The zero-order chi connectivity index (χ0) is 73.2. The molecule has 100 heavy (non-hydrogen) atoms. The maximum Gasteiger partial charge on any atom is 0.472 e. The van der Waals surface area contributed by atoms with Crippen LogP contribution in [0.1, 0.15) is 297 Å². The number of carbonyl (C=O) groups is 4. The molecule has 572 valence electrons. The second-order valence-corrected chi connectivity index (χ2v) is 28.1. The van der Waals surface area contributed by atoms with Crippen LogP contribution in [0.25, 0.3) is 0 Å². The Morgan fingerprint density at radius 1 is 0.290 bits per heavy atom. The quantitative estimate of drug-likeness (QED) is 0.0169. The number of unbranched alkanes of at least 4 members (excludes halogenated alkanes) is 23. The summed E-state index contributed by atoms with van der Waals surface area (Å²) in [5.74, 6) is -2.31. The van der Waals surface area contributed by atoms with E-state index in [4.69, 9.17) is 37.0 Å². The van der Waals surface area contributed by atoms with Crippen LogP contribution in [0.4, 0.5) is 0 Å². The van der Waals surface area contributed by atoms with E-state index in [0.29, 0.717) is 32.1 Å². The molecule has 17 nitrogen and oxygen atoms in total. The van der Waals surface area contributed by atoms with Crippen molar-refractivity contribution in [2.45, 2.75) is 316 Å². The van der Waals surface area contributed by atoms with Gasteiger partial charge in [0, 0.05) is 25.7 Å². The molecule has 0 aromatic rings. The van der Waals surface area contributed by atoms with Crippen molar-refractivity contribution in [1.82, 2.24) is 0 Å². The van der Waals surface area contributed by atoms with Crippen molar-refractivity contribution in [3.63, 3.8) is 0 Å². The summed E-state index contributed by atoms with van der Waals surface area (Å²) in [5, 5.41) is 10.6. The molecule has 0 saturated heterocycles. The first-order chi connectivity index (χ1) is 48.7. The first kappa shape index (κ1) is 95.2. The monoisotopic (exact) mass is 1440 g/mol. The van der Waals surface area contributed by atoms with Crippen molar-refractivity contribution in [2.75, 3.05) is 39.6 Å². The van der Waals surface area contributed by atoms with Crippen molar-refractivity contribution in [1.29, 1.82) is 0 Å². The van der Waals surface area contributed by atoms with Crippen molar-refractivity contribution in [3.8, 4) is 0 Å². The standard InChI is InChI=1S/C81H136O17P2/c1-5-9-13-17-21-25-29-33-35-36-37-38-40-44-46-50-54-58-62-66-79(84)92-72-77(98-81(86)68-64-60-56-52-48-42-32-28-24-20-16-12-8-4)74-96-100(89,90)94-70-75(82)69-93-99(87,88)95-73-76(97-80(85)67-63-59-55-51-47-41-31-27-23-19-15-11-7-3)71-91-78(83)65-61-57-53-49-45-43-39-34-30-26-22-18-14-10-6-2/h9-10,13-14,21-22,25-28,31-35,37-39,44,46,54,58,75-77,82H,5-8,11-12,15-20,23-24,29-30,36,40-43,45,47-53,55-57,59-74H2,1-4H3,(H,87,88)(H,89,90)/b13-9-,14-10-,25-21-,26-22-,31-27-,32-28-,35-33-,38-37-,39-34-,46-44-,58-54-. The van der Waals surface area contributed by atoms with Gasteiger partial charge in [-0.3, -0.25) is 37.3 Å². The van der Waals surface area contributed by atoms with Gasteiger partial charge in [0.25, 0.3) is 0 Å². The third-order valence-electron chi connectivity index (χ3n) is 15.6. The fraction of sp³-hybridized carbons (Fsp3) is 0.679. The highest BCUT2D eigenvalue weighted by molar-refractivity contribution is 7.47. The lowest BCUT2D eigenvalue weighted by atomic mass is 10.1. The van der Waals surface area contributed by atoms with Crippen LogP contribution in [0.2, 0.25) is 0 Å². The van der Waals surface area contributed by atoms with Gasteiger partial charge in [-0.15, -0.1) is 0 Å². The average molecular weight is 1440 g/mol. The van der Waals surface area contributed by atoms with Gasteiger partial charge in [-0.05, 0) is 148 Å². The van der Waals surface area contributed by atoms with E-state index in [1.807, 2.05) is 18.2 Å². The number of esters is 4. The number of hydrogen-bond donors (Lipinski definition) is 3. The predicted molar refractivity (Wildman–Crippen MR) is 408 cm³/mol. The van der Waals surface area contributed by atoms with Crippen LogP contribution in [0.3, 0.4) is 0 Å². The van der Waals surface area contributed by atoms with Gasteiger partial charge in [-0.2, -0.15) is 0 Å². The number of allylic oxidation sites excluding steroid dienone is 22. The molecule has 19 heteroatoms. The van der Waals surface area contributed by atoms with E-state index in [1.165, 1.54) is 51.4 Å². The van der Waals surface area contributed by atoms with Crippen LogP contribution in [-0.4, -0.2) is 96.7 Å². The molecule has 5 unspecified atom stereocenters. The van der Waals surface area contributed by atoms with Crippen molar-refractivity contribution >= 4 is 39.5 Å². The minimum Gasteiger partial charge on any atom is -0.462 e. The van der Waals surface area contributed by atoms with E-state index in [1.54, 1.807) is 0 Å². The minimum absolute atomic E-state index is 0.0318. The van der Waals surface area contributed by atoms with Crippen LogP contribution in [0.15, 0.2) is 134 Å². The summed E-state index contributed by atoms with van der Waals surface area (Å²) in [4.78, 5) is 72.8. The van der Waals surface area contributed by atoms with Crippen LogP contribution < -0.4 is 0 Å². The second kappa shape index (κ2) is 72.5. The van der Waals surface area contributed by atoms with E-state index >= 15 is 0 Å². The molecule has 0 rings (SSSR count). The summed E-state index contributed by atoms with van der Waals surface area (Å²) in [6.07, 6.45) is 80.3.